The second kappa shape index (κ2) is 9.82. The van der Waals surface area contributed by atoms with Crippen LogP contribution in [0.1, 0.15) is 38.5 Å². The first-order valence-corrected chi connectivity index (χ1v) is 9.12. The fraction of sp³-hybridized carbons (Fsp3) is 0.941. The van der Waals surface area contributed by atoms with E-state index in [0.29, 0.717) is 5.92 Å². The van der Waals surface area contributed by atoms with Crippen LogP contribution >= 0.6 is 12.4 Å². The van der Waals surface area contributed by atoms with E-state index in [2.05, 4.69) is 15.5 Å². The van der Waals surface area contributed by atoms with Gasteiger partial charge in [-0.3, -0.25) is 4.79 Å². The summed E-state index contributed by atoms with van der Waals surface area (Å²) in [6, 6.07) is 0.0514. The molecule has 3 fully saturated rings. The van der Waals surface area contributed by atoms with E-state index < -0.39 is 0 Å². The van der Waals surface area contributed by atoms with Gasteiger partial charge in [0.15, 0.2) is 0 Å². The van der Waals surface area contributed by atoms with Crippen LogP contribution in [0, 0.1) is 11.8 Å². The molecule has 1 aliphatic carbocycles. The van der Waals surface area contributed by atoms with Crippen molar-refractivity contribution in [3.8, 4) is 0 Å². The summed E-state index contributed by atoms with van der Waals surface area (Å²) < 4.78 is 5.74. The van der Waals surface area contributed by atoms with Gasteiger partial charge in [-0.15, -0.1) is 12.4 Å². The average Bonchev–Trinajstić information content (AvgIpc) is 3.20. The van der Waals surface area contributed by atoms with Gasteiger partial charge in [-0.2, -0.15) is 0 Å². The van der Waals surface area contributed by atoms with Crippen LogP contribution in [0.5, 0.6) is 0 Å². The molecule has 1 amide bonds. The fourth-order valence-corrected chi connectivity index (χ4v) is 3.53. The minimum Gasteiger partial charge on any atom is -0.380 e. The Morgan fingerprint density at radius 2 is 2.04 bits per heavy atom. The lowest BCUT2D eigenvalue weighted by Gasteiger charge is -2.32. The minimum absolute atomic E-state index is 0. The first-order valence-electron chi connectivity index (χ1n) is 9.12. The molecule has 23 heavy (non-hydrogen) atoms. The second-order valence-electron chi connectivity index (χ2n) is 7.22. The molecule has 0 aromatic carbocycles. The summed E-state index contributed by atoms with van der Waals surface area (Å²) in [4.78, 5) is 14.5. The Hall–Kier alpha value is -0.360. The van der Waals surface area contributed by atoms with E-state index in [0.717, 1.165) is 58.2 Å². The molecular weight excluding hydrogens is 314 g/mol. The molecule has 2 aliphatic heterocycles. The SMILES string of the molecule is Cl.O=C(NCC1CCCN(CCOCC2CC2)C1)C1CCCN1. The molecule has 2 N–H and O–H groups in total. The molecule has 1 saturated carbocycles. The number of carbonyl (C=O) groups is 1. The summed E-state index contributed by atoms with van der Waals surface area (Å²) in [5.41, 5.74) is 0. The van der Waals surface area contributed by atoms with Crippen molar-refractivity contribution in [3.63, 3.8) is 0 Å². The molecule has 0 aromatic rings. The first kappa shape index (κ1) is 19.0. The quantitative estimate of drug-likeness (QED) is 0.653. The Morgan fingerprint density at radius 1 is 1.17 bits per heavy atom. The van der Waals surface area contributed by atoms with Crippen LogP contribution in [0.25, 0.3) is 0 Å². The Labute approximate surface area is 146 Å². The molecule has 2 saturated heterocycles. The predicted molar refractivity (Wildman–Crippen MR) is 94.0 cm³/mol. The van der Waals surface area contributed by atoms with Crippen molar-refractivity contribution in [3.05, 3.63) is 0 Å². The zero-order chi connectivity index (χ0) is 15.2. The standard InChI is InChI=1S/C17H31N3O2.ClH/c21-17(16-4-1-7-18-16)19-11-15-3-2-8-20(12-15)9-10-22-13-14-5-6-14;/h14-16,18H,1-13H2,(H,19,21);1H. The van der Waals surface area contributed by atoms with Crippen molar-refractivity contribution in [2.75, 3.05) is 45.9 Å². The zero-order valence-corrected chi connectivity index (χ0v) is 14.9. The molecule has 3 aliphatic rings. The monoisotopic (exact) mass is 345 g/mol. The van der Waals surface area contributed by atoms with Crippen molar-refractivity contribution in [2.24, 2.45) is 11.8 Å². The lowest BCUT2D eigenvalue weighted by atomic mass is 9.98. The van der Waals surface area contributed by atoms with Crippen molar-refractivity contribution in [1.29, 1.82) is 0 Å². The molecule has 0 spiro atoms. The number of nitrogens with zero attached hydrogens (tertiary/aromatic N) is 1. The second-order valence-corrected chi connectivity index (χ2v) is 7.22. The van der Waals surface area contributed by atoms with E-state index in [1.54, 1.807) is 0 Å². The van der Waals surface area contributed by atoms with Gasteiger partial charge in [0.05, 0.1) is 12.6 Å². The predicted octanol–water partition coefficient (Wildman–Crippen LogP) is 1.41. The molecule has 3 rings (SSSR count). The van der Waals surface area contributed by atoms with Crippen LogP contribution in [0.4, 0.5) is 0 Å². The molecule has 2 atom stereocenters. The van der Waals surface area contributed by atoms with Gasteiger partial charge in [0.2, 0.25) is 5.91 Å². The maximum absolute atomic E-state index is 12.0. The van der Waals surface area contributed by atoms with Crippen LogP contribution in [0.15, 0.2) is 0 Å². The van der Waals surface area contributed by atoms with Crippen LogP contribution < -0.4 is 10.6 Å². The van der Waals surface area contributed by atoms with Crippen LogP contribution in [-0.2, 0) is 9.53 Å². The van der Waals surface area contributed by atoms with Crippen molar-refractivity contribution in [2.45, 2.75) is 44.6 Å². The van der Waals surface area contributed by atoms with Crippen LogP contribution in [0.3, 0.4) is 0 Å². The lowest BCUT2D eigenvalue weighted by molar-refractivity contribution is -0.123. The van der Waals surface area contributed by atoms with Crippen LogP contribution in [-0.4, -0.2) is 62.8 Å². The number of nitrogens with one attached hydrogen (secondary N) is 2. The summed E-state index contributed by atoms with van der Waals surface area (Å²) in [6.45, 7) is 6.96. The Morgan fingerprint density at radius 3 is 2.78 bits per heavy atom. The topological polar surface area (TPSA) is 53.6 Å². The largest absolute Gasteiger partial charge is 0.380 e. The fourth-order valence-electron chi connectivity index (χ4n) is 3.53. The Kier molecular flexibility index (Phi) is 8.10. The summed E-state index contributed by atoms with van der Waals surface area (Å²) >= 11 is 0. The number of ether oxygens (including phenoxy) is 1. The highest BCUT2D eigenvalue weighted by Crippen LogP contribution is 2.28. The molecule has 2 unspecified atom stereocenters. The lowest BCUT2D eigenvalue weighted by Crippen LogP contribution is -2.46. The van der Waals surface area contributed by atoms with Crippen molar-refractivity contribution < 1.29 is 9.53 Å². The highest BCUT2D eigenvalue weighted by Gasteiger charge is 2.25. The van der Waals surface area contributed by atoms with Gasteiger partial charge in [0, 0.05) is 26.2 Å². The van der Waals surface area contributed by atoms with Gasteiger partial charge >= 0.3 is 0 Å². The van der Waals surface area contributed by atoms with Gasteiger partial charge in [-0.05, 0) is 63.5 Å². The molecule has 0 radical (unpaired) electrons. The molecular formula is C17H32ClN3O2. The van der Waals surface area contributed by atoms with E-state index in [1.165, 1.54) is 32.2 Å². The molecule has 5 nitrogen and oxygen atoms in total. The van der Waals surface area contributed by atoms with Gasteiger partial charge in [0.25, 0.3) is 0 Å². The maximum Gasteiger partial charge on any atom is 0.237 e. The minimum atomic E-state index is 0. The maximum atomic E-state index is 12.0. The number of rotatable bonds is 8. The Balaban J connectivity index is 0.00000192. The zero-order valence-electron chi connectivity index (χ0n) is 14.1. The van der Waals surface area contributed by atoms with E-state index in [9.17, 15) is 4.79 Å². The number of hydrogen-bond acceptors (Lipinski definition) is 4. The molecule has 2 heterocycles. The smallest absolute Gasteiger partial charge is 0.237 e. The molecule has 0 aromatic heterocycles. The van der Waals surface area contributed by atoms with E-state index in [1.807, 2.05) is 0 Å². The van der Waals surface area contributed by atoms with E-state index in [-0.39, 0.29) is 24.4 Å². The highest BCUT2D eigenvalue weighted by molar-refractivity contribution is 5.85. The number of amides is 1. The Bertz CT molecular complexity index is 360. The summed E-state index contributed by atoms with van der Waals surface area (Å²) in [5.74, 6) is 1.65. The average molecular weight is 346 g/mol. The molecule has 6 heteroatoms. The van der Waals surface area contributed by atoms with Gasteiger partial charge in [0.1, 0.15) is 0 Å². The molecule has 134 valence electrons. The van der Waals surface area contributed by atoms with Crippen molar-refractivity contribution >= 4 is 18.3 Å². The number of hydrogen-bond donors (Lipinski definition) is 2. The summed E-state index contributed by atoms with van der Waals surface area (Å²) in [6.07, 6.45) is 7.31. The third-order valence-corrected chi connectivity index (χ3v) is 5.15. The van der Waals surface area contributed by atoms with Gasteiger partial charge in [-0.25, -0.2) is 0 Å². The van der Waals surface area contributed by atoms with Crippen LogP contribution in [0.2, 0.25) is 0 Å². The highest BCUT2D eigenvalue weighted by atomic mass is 35.5. The number of halogens is 1. The number of piperidine rings is 1. The first-order chi connectivity index (χ1) is 10.8. The normalized spacial score (nSPS) is 28.3. The third kappa shape index (κ3) is 6.57. The van der Waals surface area contributed by atoms with Gasteiger partial charge < -0.3 is 20.3 Å². The van der Waals surface area contributed by atoms with Gasteiger partial charge in [-0.1, -0.05) is 0 Å². The van der Waals surface area contributed by atoms with E-state index in [4.69, 9.17) is 4.74 Å². The number of likely N-dealkylation sites (tertiary alicyclic amines) is 1. The van der Waals surface area contributed by atoms with Crippen molar-refractivity contribution in [1.82, 2.24) is 15.5 Å². The summed E-state index contributed by atoms with van der Waals surface area (Å²) in [7, 11) is 0. The summed E-state index contributed by atoms with van der Waals surface area (Å²) in [5, 5.41) is 6.41. The third-order valence-electron chi connectivity index (χ3n) is 5.15. The number of carbonyl (C=O) groups excluding carboxylic acids is 1. The molecule has 0 bridgehead atoms. The van der Waals surface area contributed by atoms with E-state index >= 15 is 0 Å².